The number of aromatic nitrogens is 7. The molecule has 4 bridgehead atoms. The molecule has 31 heteroatoms. The standard InChI is InChI=1S/C49H54F2N8O6.C44H45F2N5O3.C7H13NO4.2CH4/c1-24(2)39(56-46(62)64-5)44(60)58-23-48(15-16-48)21-38(58)42-52-22-37(55-42)28-9-13-32-31-12-8-26(18-33(31)49(50,51)34(32)19-28)27-10-14-35-36(20-27)54-43(53-35)41-29-7-11-30(17-29)59(41)45(61)40(25(3)4)57-47(63)65-6;1-23(2)38(50-42(53)54-3)41(52)51-29-8-4-27(18-29)39(51)40-48-36-11-7-25(21-37(36)49-40)24-5-9-30-31-10-6-26(20-33(31)44(45,46)32(30)19-24)34-12-13-35(47-34)28-14-15-43(22-28)16-17-43;1-4(2)5(6(9)10)8-7(11)12-3;;/h8-10,12-14,18-20,22,24-25,29-30,38-41H,7,11,15-17,21,23H2,1-6H3,(H,52,55)(H,53,54)(H,56,62)(H,57,63);5-7,9-13,19-21,23,27-29,38-39,47H,4,8,14-18,22H2,1-3H3,(H,48,49)(H,50,53);4-5H,1-3H3,(H,8,11)(H,9,10);2*1H4/t29-,30+,38-,39+,40+,41-;27-,28-,29+,38+,39-;5-;;/m001../s1. The molecular weight excluding hydrogens is 1710 g/mol. The van der Waals surface area contributed by atoms with Crippen LogP contribution in [-0.4, -0.2) is 174 Å². The summed E-state index contributed by atoms with van der Waals surface area (Å²) in [5.74, 6) is -5.67. The van der Waals surface area contributed by atoms with Crippen molar-refractivity contribution in [1.82, 2.24) is 70.9 Å². The van der Waals surface area contributed by atoms with Gasteiger partial charge in [0.1, 0.15) is 41.6 Å². The minimum atomic E-state index is -3.29. The van der Waals surface area contributed by atoms with Gasteiger partial charge in [0.2, 0.25) is 17.7 Å². The van der Waals surface area contributed by atoms with Crippen LogP contribution >= 0.6 is 0 Å². The Labute approximate surface area is 770 Å². The number of nitrogens with zero attached hydrogens (tertiary/aromatic N) is 6. The van der Waals surface area contributed by atoms with Crippen LogP contribution in [0.2, 0.25) is 0 Å². The van der Waals surface area contributed by atoms with Crippen LogP contribution in [0.1, 0.15) is 230 Å². The molecule has 0 radical (unpaired) electrons. The van der Waals surface area contributed by atoms with Crippen LogP contribution in [0.25, 0.3) is 89.1 Å². The van der Waals surface area contributed by atoms with Crippen LogP contribution in [0, 0.1) is 46.3 Å². The van der Waals surface area contributed by atoms with Gasteiger partial charge < -0.3 is 80.0 Å². The summed E-state index contributed by atoms with van der Waals surface area (Å²) in [6.45, 7) is 15.3. The molecule has 7 amide bonds. The van der Waals surface area contributed by atoms with Crippen molar-refractivity contribution in [2.75, 3.05) is 35.0 Å². The first-order valence-corrected chi connectivity index (χ1v) is 45.7. The van der Waals surface area contributed by atoms with E-state index in [9.17, 15) is 38.4 Å². The first kappa shape index (κ1) is 93.7. The summed E-state index contributed by atoms with van der Waals surface area (Å²) in [6, 6.07) is 32.8. The fourth-order valence-electron chi connectivity index (χ4n) is 22.1. The number of methoxy groups -OCH3 is 4. The van der Waals surface area contributed by atoms with E-state index < -0.39 is 66.4 Å². The molecule has 3 aliphatic heterocycles. The highest BCUT2D eigenvalue weighted by molar-refractivity contribution is 5.93. The summed E-state index contributed by atoms with van der Waals surface area (Å²) >= 11 is 0. The number of alkyl carbamates (subject to hydrolysis) is 4. The topological polar surface area (TPSA) is 353 Å². The van der Waals surface area contributed by atoms with Gasteiger partial charge in [0.05, 0.1) is 80.5 Å². The van der Waals surface area contributed by atoms with Gasteiger partial charge in [0, 0.05) is 57.8 Å². The summed E-state index contributed by atoms with van der Waals surface area (Å²) in [4.78, 5) is 134. The number of rotatable bonds is 20. The summed E-state index contributed by atoms with van der Waals surface area (Å²) in [5.41, 5.74) is 12.4. The van der Waals surface area contributed by atoms with Crippen molar-refractivity contribution in [2.24, 2.45) is 46.3 Å². The zero-order valence-corrected chi connectivity index (χ0v) is 75.5. The first-order chi connectivity index (χ1) is 62.6. The number of ether oxygens (including phenoxy) is 4. The number of amides is 7. The average Bonchev–Trinajstić information content (AvgIpc) is 1.57. The molecule has 7 aliphatic carbocycles. The number of imidazole rings is 3. The van der Waals surface area contributed by atoms with Gasteiger partial charge in [-0.2, -0.15) is 17.6 Å². The van der Waals surface area contributed by atoms with Crippen LogP contribution in [0.15, 0.2) is 128 Å². The minimum absolute atomic E-state index is 0. The van der Waals surface area contributed by atoms with E-state index in [2.05, 4.69) is 52.0 Å². The lowest BCUT2D eigenvalue weighted by atomic mass is 9.95. The van der Waals surface area contributed by atoms with Crippen LogP contribution in [-0.2, 0) is 50.0 Å². The molecular formula is C102H120F4N14O13. The molecule has 704 valence electrons. The maximum Gasteiger partial charge on any atom is 0.407 e. The van der Waals surface area contributed by atoms with Crippen molar-refractivity contribution in [3.05, 3.63) is 173 Å². The van der Waals surface area contributed by atoms with Crippen molar-refractivity contribution in [3.8, 4) is 67.0 Å². The second kappa shape index (κ2) is 36.1. The van der Waals surface area contributed by atoms with Gasteiger partial charge >= 0.3 is 30.3 Å². The van der Waals surface area contributed by atoms with E-state index in [0.717, 1.165) is 96.7 Å². The molecule has 8 fully saturated rings. The lowest BCUT2D eigenvalue weighted by molar-refractivity contribution is -0.141. The fraction of sp³-hybridized carbons (Fsp3) is 0.480. The molecule has 10 aliphatic rings. The molecule has 12 atom stereocenters. The second-order valence-electron chi connectivity index (χ2n) is 39.1. The van der Waals surface area contributed by atoms with E-state index >= 15 is 17.6 Å². The predicted molar refractivity (Wildman–Crippen MR) is 495 cm³/mol. The Bertz CT molecular complexity index is 6180. The number of H-pyrrole nitrogens is 4. The average molecular weight is 1830 g/mol. The fourth-order valence-corrected chi connectivity index (χ4v) is 22.1. The van der Waals surface area contributed by atoms with Gasteiger partial charge in [-0.05, 0) is 253 Å². The van der Waals surface area contributed by atoms with Gasteiger partial charge in [-0.15, -0.1) is 0 Å². The van der Waals surface area contributed by atoms with E-state index in [1.807, 2.05) is 130 Å². The quantitative estimate of drug-likeness (QED) is 0.0253. The third-order valence-corrected chi connectivity index (χ3v) is 29.6. The van der Waals surface area contributed by atoms with Crippen molar-refractivity contribution < 1.29 is 80.0 Å². The molecule has 7 heterocycles. The smallest absolute Gasteiger partial charge is 0.407 e. The minimum Gasteiger partial charge on any atom is -0.480 e. The Kier molecular flexibility index (Phi) is 25.4. The number of hydrogen-bond acceptors (Lipinski definition) is 15. The Morgan fingerprint density at radius 3 is 1.23 bits per heavy atom. The molecule has 4 aromatic heterocycles. The van der Waals surface area contributed by atoms with Crippen LogP contribution in [0.4, 0.5) is 36.7 Å². The molecule has 5 saturated carbocycles. The third-order valence-electron chi connectivity index (χ3n) is 29.6. The van der Waals surface area contributed by atoms with Crippen molar-refractivity contribution in [3.63, 3.8) is 0 Å². The van der Waals surface area contributed by atoms with Gasteiger partial charge in [-0.1, -0.05) is 131 Å². The zero-order valence-electron chi connectivity index (χ0n) is 75.5. The highest BCUT2D eigenvalue weighted by atomic mass is 19.3. The Morgan fingerprint density at radius 2 is 0.820 bits per heavy atom. The maximum absolute atomic E-state index is 16.7. The molecule has 3 saturated heterocycles. The summed E-state index contributed by atoms with van der Waals surface area (Å²) < 4.78 is 84.8. The number of nitrogens with one attached hydrogen (secondary N) is 8. The van der Waals surface area contributed by atoms with Crippen LogP contribution in [0.3, 0.4) is 0 Å². The highest BCUT2D eigenvalue weighted by Crippen LogP contribution is 2.63. The van der Waals surface area contributed by atoms with E-state index in [4.69, 9.17) is 34.3 Å². The molecule has 20 rings (SSSR count). The largest absolute Gasteiger partial charge is 0.480 e. The summed E-state index contributed by atoms with van der Waals surface area (Å²) in [6.07, 6.45) is 13.6. The van der Waals surface area contributed by atoms with Gasteiger partial charge in [-0.25, -0.2) is 38.9 Å². The first-order valence-electron chi connectivity index (χ1n) is 45.7. The third kappa shape index (κ3) is 17.3. The van der Waals surface area contributed by atoms with Gasteiger partial charge in [0.25, 0.3) is 11.8 Å². The summed E-state index contributed by atoms with van der Waals surface area (Å²) in [7, 11) is 5.02. The summed E-state index contributed by atoms with van der Waals surface area (Å²) in [5, 5.41) is 19.0. The van der Waals surface area contributed by atoms with Gasteiger partial charge in [0.15, 0.2) is 0 Å². The number of piperidine rings is 2. The number of benzene rings is 6. The Balaban J connectivity index is 0.000000172. The van der Waals surface area contributed by atoms with Crippen molar-refractivity contribution >= 4 is 70.1 Å². The van der Waals surface area contributed by atoms with E-state index in [1.165, 1.54) is 72.3 Å². The Hall–Kier alpha value is -12.6. The number of carboxylic acid groups (broad SMARTS) is 1. The number of aromatic amines is 4. The van der Waals surface area contributed by atoms with Gasteiger partial charge in [-0.3, -0.25) is 14.4 Å². The normalized spacial score (nSPS) is 22.3. The molecule has 2 spiro atoms. The molecule has 10 aromatic rings. The maximum atomic E-state index is 16.7. The number of halogens is 4. The molecule has 27 nitrogen and oxygen atoms in total. The number of aliphatic carboxylic acids is 1. The van der Waals surface area contributed by atoms with Crippen LogP contribution in [0.5, 0.6) is 0 Å². The lowest BCUT2D eigenvalue weighted by Crippen LogP contribution is -2.54. The molecule has 6 aromatic carbocycles. The molecule has 133 heavy (non-hydrogen) atoms. The van der Waals surface area contributed by atoms with Crippen molar-refractivity contribution in [1.29, 1.82) is 0 Å². The predicted octanol–water partition coefficient (Wildman–Crippen LogP) is 20.2. The van der Waals surface area contributed by atoms with Crippen LogP contribution < -0.4 is 21.3 Å². The molecule has 9 N–H and O–H groups in total. The van der Waals surface area contributed by atoms with E-state index in [1.54, 1.807) is 55.3 Å². The molecule has 0 unspecified atom stereocenters. The highest BCUT2D eigenvalue weighted by Gasteiger charge is 2.58. The monoisotopic (exact) mass is 1820 g/mol. The number of carboxylic acids is 1. The van der Waals surface area contributed by atoms with E-state index in [0.29, 0.717) is 85.5 Å². The zero-order chi connectivity index (χ0) is 92.5. The lowest BCUT2D eigenvalue weighted by Gasteiger charge is -2.37. The second-order valence-corrected chi connectivity index (χ2v) is 39.1. The number of hydrogen-bond donors (Lipinski definition) is 9. The number of carbonyl (C=O) groups is 8. The van der Waals surface area contributed by atoms with Crippen molar-refractivity contribution in [2.45, 2.75) is 232 Å². The number of likely N-dealkylation sites (tertiary alicyclic amines) is 3. The number of carbonyl (C=O) groups excluding carboxylic acids is 7. The van der Waals surface area contributed by atoms with E-state index in [-0.39, 0.29) is 126 Å². The SMILES string of the molecule is C.C.COC(=O)N[C@@H](C(=O)N1CC2(CC2)C[C@H]1c1ncc(-c2ccc3c(c2)C(F)(F)c2cc(-c4ccc5nc([C@@H]6[C@H]7CC[C@H](C7)N6C(=O)[C@H](NC(=O)OC)C(C)C)[nH]c5c4)ccc2-3)[nH]1)C(C)C.COC(=O)N[C@@H](C(=O)N1[C@@H]2CC[C@@H](C2)[C@H]1c1nc2ccc(-c3ccc4c(c3)C(F)(F)c3cc(-c5ccc([C@H]6CCC7(CC7)C6)[nH]5)ccc3-4)cc2[nH]1)C(C)C.COC(=O)N[C@@H](C(=O)O)C(C)C. The number of fused-ring (bicyclic) bond motifs is 12. The number of alkyl halides is 4. The Morgan fingerprint density at radius 1 is 0.429 bits per heavy atom.